The van der Waals surface area contributed by atoms with E-state index >= 15 is 0 Å². The monoisotopic (exact) mass is 698 g/mol. The third-order valence-corrected chi connectivity index (χ3v) is 9.01. The van der Waals surface area contributed by atoms with Gasteiger partial charge in [-0.1, -0.05) is 108 Å². The number of halogens is 2. The molecule has 0 saturated carbocycles. The molecule has 0 aliphatic carbocycles. The van der Waals surface area contributed by atoms with Crippen LogP contribution < -0.4 is 0 Å². The molecule has 222 valence electrons. The van der Waals surface area contributed by atoms with E-state index in [0.29, 0.717) is 21.4 Å². The van der Waals surface area contributed by atoms with Gasteiger partial charge in [0.15, 0.2) is 0 Å². The second-order valence-corrected chi connectivity index (χ2v) is 12.5. The third-order valence-electron chi connectivity index (χ3n) is 6.30. The quantitative estimate of drug-likeness (QED) is 0.154. The Morgan fingerprint density at radius 3 is 1.18 bits per heavy atom. The Balaban J connectivity index is 0.000000200. The fraction of sp³-hybridized carbons (Fsp3) is 0.0588. The number of carbonyl (C=O) groups is 2. The first-order valence-electron chi connectivity index (χ1n) is 13.3. The van der Waals surface area contributed by atoms with Crippen molar-refractivity contribution in [3.05, 3.63) is 129 Å². The third kappa shape index (κ3) is 9.47. The Hall–Kier alpha value is -3.08. The SMILES string of the molecule is O=C(O)Cc1sc(-c2ccccc2)nc1-c1ccc(Cl)cc1.O=C(O)Cc1sc(-c2ccccc2)nc1-c1ccc(Cl)cc1.[Ca]. The van der Waals surface area contributed by atoms with E-state index in [0.717, 1.165) is 42.0 Å². The zero-order valence-corrected chi connectivity index (χ0v) is 29.0. The summed E-state index contributed by atoms with van der Waals surface area (Å²) < 4.78 is 0. The first-order valence-corrected chi connectivity index (χ1v) is 15.7. The fourth-order valence-corrected chi connectivity index (χ4v) is 6.70. The maximum atomic E-state index is 11.1. The van der Waals surface area contributed by atoms with E-state index in [1.165, 1.54) is 22.7 Å². The predicted octanol–water partition coefficient (Wildman–Crippen LogP) is 9.13. The minimum Gasteiger partial charge on any atom is -0.481 e. The Morgan fingerprint density at radius 2 is 0.867 bits per heavy atom. The molecule has 6 aromatic rings. The molecule has 45 heavy (non-hydrogen) atoms. The number of carboxylic acids is 2. The molecule has 2 heterocycles. The van der Waals surface area contributed by atoms with Crippen molar-refractivity contribution in [3.8, 4) is 43.7 Å². The summed E-state index contributed by atoms with van der Waals surface area (Å²) in [5.74, 6) is -1.73. The molecule has 0 aliphatic heterocycles. The number of hydrogen-bond acceptors (Lipinski definition) is 6. The summed E-state index contributed by atoms with van der Waals surface area (Å²) >= 11 is 14.7. The van der Waals surface area contributed by atoms with Gasteiger partial charge in [0.1, 0.15) is 10.0 Å². The van der Waals surface area contributed by atoms with E-state index in [2.05, 4.69) is 9.97 Å². The molecule has 0 aliphatic rings. The topological polar surface area (TPSA) is 100 Å². The normalized spacial score (nSPS) is 10.4. The molecule has 11 heteroatoms. The van der Waals surface area contributed by atoms with Gasteiger partial charge in [0.25, 0.3) is 0 Å². The molecule has 6 rings (SSSR count). The Labute approximate surface area is 308 Å². The molecule has 2 N–H and O–H groups in total. The summed E-state index contributed by atoms with van der Waals surface area (Å²) in [6, 6.07) is 34.1. The number of aromatic nitrogens is 2. The molecular weight excluding hydrogens is 676 g/mol. The number of hydrogen-bond donors (Lipinski definition) is 2. The summed E-state index contributed by atoms with van der Waals surface area (Å²) in [7, 11) is 0. The molecule has 0 spiro atoms. The second-order valence-electron chi connectivity index (χ2n) is 9.47. The van der Waals surface area contributed by atoms with Crippen molar-refractivity contribution in [2.24, 2.45) is 0 Å². The summed E-state index contributed by atoms with van der Waals surface area (Å²) in [5, 5.41) is 21.2. The van der Waals surface area contributed by atoms with Gasteiger partial charge in [-0.2, -0.15) is 0 Å². The summed E-state index contributed by atoms with van der Waals surface area (Å²) in [5.41, 5.74) is 5.14. The second kappa shape index (κ2) is 16.5. The van der Waals surface area contributed by atoms with E-state index in [9.17, 15) is 9.59 Å². The van der Waals surface area contributed by atoms with Gasteiger partial charge in [-0.15, -0.1) is 22.7 Å². The average Bonchev–Trinajstić information content (AvgIpc) is 3.63. The Kier molecular flexibility index (Phi) is 12.7. The van der Waals surface area contributed by atoms with Crippen LogP contribution in [0.15, 0.2) is 109 Å². The fourth-order valence-electron chi connectivity index (χ4n) is 4.29. The van der Waals surface area contributed by atoms with Crippen LogP contribution in [-0.2, 0) is 22.4 Å². The van der Waals surface area contributed by atoms with Crippen molar-refractivity contribution in [1.29, 1.82) is 0 Å². The Bertz CT molecular complexity index is 1740. The van der Waals surface area contributed by atoms with Crippen LogP contribution >= 0.6 is 45.9 Å². The number of rotatable bonds is 8. The van der Waals surface area contributed by atoms with E-state index in [1.807, 2.05) is 84.9 Å². The van der Waals surface area contributed by atoms with Gasteiger partial charge in [0, 0.05) is 79.8 Å². The van der Waals surface area contributed by atoms with Crippen molar-refractivity contribution >= 4 is 95.6 Å². The molecule has 0 amide bonds. The van der Waals surface area contributed by atoms with Crippen LogP contribution in [0, 0.1) is 0 Å². The first kappa shape index (κ1) is 34.8. The zero-order chi connectivity index (χ0) is 31.1. The van der Waals surface area contributed by atoms with Crippen LogP contribution in [0.1, 0.15) is 9.75 Å². The molecular formula is C34H24CaCl2N2O4S2. The smallest absolute Gasteiger partial charge is 0.308 e. The van der Waals surface area contributed by atoms with Crippen LogP contribution in [0.3, 0.4) is 0 Å². The van der Waals surface area contributed by atoms with Crippen LogP contribution in [0.4, 0.5) is 0 Å². The summed E-state index contributed by atoms with van der Waals surface area (Å²) in [6.07, 6.45) is -0.0785. The molecule has 6 nitrogen and oxygen atoms in total. The summed E-state index contributed by atoms with van der Waals surface area (Å²) in [6.45, 7) is 0. The molecule has 4 aromatic carbocycles. The van der Waals surface area contributed by atoms with Gasteiger partial charge in [0.05, 0.1) is 24.2 Å². The van der Waals surface area contributed by atoms with Crippen molar-refractivity contribution in [3.63, 3.8) is 0 Å². The summed E-state index contributed by atoms with van der Waals surface area (Å²) in [4.78, 5) is 33.0. The minimum absolute atomic E-state index is 0. The van der Waals surface area contributed by atoms with Crippen molar-refractivity contribution in [2.45, 2.75) is 12.8 Å². The molecule has 0 unspecified atom stereocenters. The molecule has 0 fully saturated rings. The van der Waals surface area contributed by atoms with Crippen LogP contribution in [0.25, 0.3) is 43.7 Å². The number of carboxylic acid groups (broad SMARTS) is 2. The predicted molar refractivity (Wildman–Crippen MR) is 184 cm³/mol. The van der Waals surface area contributed by atoms with Crippen LogP contribution in [0.2, 0.25) is 10.0 Å². The molecule has 0 bridgehead atoms. The molecule has 2 aromatic heterocycles. The minimum atomic E-state index is -0.863. The molecule has 0 saturated heterocycles. The molecule has 2 radical (unpaired) electrons. The number of thiazole rings is 2. The standard InChI is InChI=1S/2C17H12ClNO2S.Ca/c2*18-13-8-6-11(7-9-13)16-14(10-15(20)21)22-17(19-16)12-4-2-1-3-5-12;/h2*1-9H,10H2,(H,20,21);. The van der Waals surface area contributed by atoms with Gasteiger partial charge in [0.2, 0.25) is 0 Å². The van der Waals surface area contributed by atoms with Crippen molar-refractivity contribution in [2.75, 3.05) is 0 Å². The van der Waals surface area contributed by atoms with Crippen LogP contribution in [-0.4, -0.2) is 69.9 Å². The first-order chi connectivity index (χ1) is 21.3. The average molecular weight is 700 g/mol. The number of benzene rings is 4. The van der Waals surface area contributed by atoms with E-state index in [1.54, 1.807) is 24.3 Å². The van der Waals surface area contributed by atoms with Crippen LogP contribution in [0.5, 0.6) is 0 Å². The van der Waals surface area contributed by atoms with E-state index < -0.39 is 11.9 Å². The van der Waals surface area contributed by atoms with Gasteiger partial charge < -0.3 is 10.2 Å². The Morgan fingerprint density at radius 1 is 0.533 bits per heavy atom. The van der Waals surface area contributed by atoms with E-state index in [-0.39, 0.29) is 50.6 Å². The zero-order valence-electron chi connectivity index (χ0n) is 23.7. The van der Waals surface area contributed by atoms with Crippen molar-refractivity contribution in [1.82, 2.24) is 9.97 Å². The van der Waals surface area contributed by atoms with Gasteiger partial charge in [-0.05, 0) is 24.3 Å². The van der Waals surface area contributed by atoms with Gasteiger partial charge >= 0.3 is 11.9 Å². The maximum Gasteiger partial charge on any atom is 0.308 e. The van der Waals surface area contributed by atoms with Gasteiger partial charge in [-0.3, -0.25) is 9.59 Å². The van der Waals surface area contributed by atoms with Gasteiger partial charge in [-0.25, -0.2) is 9.97 Å². The number of nitrogens with zero attached hydrogens (tertiary/aromatic N) is 2. The largest absolute Gasteiger partial charge is 0.481 e. The maximum absolute atomic E-state index is 11.1. The van der Waals surface area contributed by atoms with Crippen molar-refractivity contribution < 1.29 is 19.8 Å². The number of aliphatic carboxylic acids is 2. The molecule has 0 atom stereocenters. The van der Waals surface area contributed by atoms with E-state index in [4.69, 9.17) is 33.4 Å².